The van der Waals surface area contributed by atoms with Gasteiger partial charge in [-0.1, -0.05) is 0 Å². The zero-order chi connectivity index (χ0) is 10.6. The molecule has 0 radical (unpaired) electrons. The Hall–Kier alpha value is -0.800. The van der Waals surface area contributed by atoms with Crippen LogP contribution in [0, 0.1) is 11.3 Å². The highest BCUT2D eigenvalue weighted by molar-refractivity contribution is 4.89. The Kier molecular flexibility index (Phi) is 3.72. The van der Waals surface area contributed by atoms with E-state index in [1.54, 1.807) is 6.07 Å². The highest BCUT2D eigenvalue weighted by Crippen LogP contribution is 2.27. The van der Waals surface area contributed by atoms with Crippen molar-refractivity contribution in [3.05, 3.63) is 0 Å². The molecule has 0 bridgehead atoms. The van der Waals surface area contributed by atoms with Gasteiger partial charge in [-0.05, 0) is 0 Å². The van der Waals surface area contributed by atoms with Crippen molar-refractivity contribution >= 4 is 0 Å². The molecule has 0 aromatic heterocycles. The monoisotopic (exact) mass is 207 g/mol. The normalized spacial score (nSPS) is 21.6. The van der Waals surface area contributed by atoms with E-state index in [0.29, 0.717) is 26.2 Å². The molecule has 80 valence electrons. The summed E-state index contributed by atoms with van der Waals surface area (Å²) in [5.41, 5.74) is 0. The first-order valence-corrected chi connectivity index (χ1v) is 4.44. The first kappa shape index (κ1) is 11.3. The summed E-state index contributed by atoms with van der Waals surface area (Å²) >= 11 is 0. The van der Waals surface area contributed by atoms with E-state index in [2.05, 4.69) is 5.32 Å². The average Bonchev–Trinajstić information content (AvgIpc) is 2.14. The topological polar surface area (TPSA) is 39.1 Å². The number of halogens is 3. The molecule has 0 aliphatic carbocycles. The molecule has 1 atom stereocenters. The van der Waals surface area contributed by atoms with Crippen LogP contribution in [0.5, 0.6) is 0 Å². The highest BCUT2D eigenvalue weighted by Gasteiger charge is 2.43. The van der Waals surface area contributed by atoms with Gasteiger partial charge in [-0.25, -0.2) is 0 Å². The van der Waals surface area contributed by atoms with Crippen LogP contribution >= 0.6 is 0 Å². The predicted octanol–water partition coefficient (Wildman–Crippen LogP) is 0.736. The van der Waals surface area contributed by atoms with Crippen LogP contribution in [-0.2, 0) is 0 Å². The van der Waals surface area contributed by atoms with Crippen molar-refractivity contribution in [2.24, 2.45) is 0 Å². The van der Waals surface area contributed by atoms with Crippen molar-refractivity contribution in [2.45, 2.75) is 18.6 Å². The third-order valence-electron chi connectivity index (χ3n) is 2.25. The number of nitrogens with zero attached hydrogens (tertiary/aromatic N) is 2. The quantitative estimate of drug-likeness (QED) is 0.725. The fourth-order valence-electron chi connectivity index (χ4n) is 1.53. The molecule has 1 fully saturated rings. The molecule has 6 heteroatoms. The maximum atomic E-state index is 12.5. The number of nitriles is 1. The number of piperazine rings is 1. The van der Waals surface area contributed by atoms with Gasteiger partial charge in [0, 0.05) is 26.2 Å². The Balaban J connectivity index is 2.62. The second-order valence-corrected chi connectivity index (χ2v) is 3.21. The first-order valence-electron chi connectivity index (χ1n) is 4.44. The van der Waals surface area contributed by atoms with Crippen LogP contribution in [-0.4, -0.2) is 43.3 Å². The van der Waals surface area contributed by atoms with Crippen LogP contribution in [0.3, 0.4) is 0 Å². The fraction of sp³-hybridized carbons (Fsp3) is 0.875. The van der Waals surface area contributed by atoms with Crippen LogP contribution in [0.1, 0.15) is 6.42 Å². The number of hydrogen-bond acceptors (Lipinski definition) is 3. The van der Waals surface area contributed by atoms with Crippen molar-refractivity contribution in [3.8, 4) is 6.07 Å². The lowest BCUT2D eigenvalue weighted by molar-refractivity contribution is -0.183. The molecule has 14 heavy (non-hydrogen) atoms. The lowest BCUT2D eigenvalue weighted by Gasteiger charge is -2.34. The zero-order valence-corrected chi connectivity index (χ0v) is 7.64. The summed E-state index contributed by atoms with van der Waals surface area (Å²) in [6.07, 6.45) is -4.78. The fourth-order valence-corrected chi connectivity index (χ4v) is 1.53. The lowest BCUT2D eigenvalue weighted by atomic mass is 10.1. The van der Waals surface area contributed by atoms with Crippen LogP contribution in [0.2, 0.25) is 0 Å². The zero-order valence-electron chi connectivity index (χ0n) is 7.64. The summed E-state index contributed by atoms with van der Waals surface area (Å²) in [7, 11) is 0. The standard InChI is InChI=1S/C8H12F3N3/c9-8(10,11)7(1-2-12)14-5-3-13-4-6-14/h7,13H,1,3-6H2. The second kappa shape index (κ2) is 4.62. The largest absolute Gasteiger partial charge is 0.405 e. The van der Waals surface area contributed by atoms with E-state index >= 15 is 0 Å². The Bertz CT molecular complexity index is 215. The molecular formula is C8H12F3N3. The maximum Gasteiger partial charge on any atom is 0.405 e. The summed E-state index contributed by atoms with van der Waals surface area (Å²) in [4.78, 5) is 1.32. The summed E-state index contributed by atoms with van der Waals surface area (Å²) in [6, 6.07) is -0.0127. The molecular weight excluding hydrogens is 195 g/mol. The van der Waals surface area contributed by atoms with E-state index in [0.717, 1.165) is 0 Å². The Morgan fingerprint density at radius 3 is 2.36 bits per heavy atom. The van der Waals surface area contributed by atoms with Gasteiger partial charge in [-0.2, -0.15) is 18.4 Å². The minimum atomic E-state index is -4.30. The van der Waals surface area contributed by atoms with E-state index < -0.39 is 18.6 Å². The summed E-state index contributed by atoms with van der Waals surface area (Å²) in [6.45, 7) is 1.81. The molecule has 0 amide bonds. The highest BCUT2D eigenvalue weighted by atomic mass is 19.4. The summed E-state index contributed by atoms with van der Waals surface area (Å²) < 4.78 is 37.4. The van der Waals surface area contributed by atoms with Gasteiger partial charge in [0.25, 0.3) is 0 Å². The number of nitrogens with one attached hydrogen (secondary N) is 1. The molecule has 0 aromatic rings. The Morgan fingerprint density at radius 2 is 1.93 bits per heavy atom. The van der Waals surface area contributed by atoms with Gasteiger partial charge < -0.3 is 5.32 Å². The summed E-state index contributed by atoms with van der Waals surface area (Å²) in [5, 5.41) is 11.3. The Morgan fingerprint density at radius 1 is 1.36 bits per heavy atom. The maximum absolute atomic E-state index is 12.5. The minimum absolute atomic E-state index is 0.353. The van der Waals surface area contributed by atoms with Crippen LogP contribution < -0.4 is 5.32 Å². The lowest BCUT2D eigenvalue weighted by Crippen LogP contribution is -2.53. The van der Waals surface area contributed by atoms with E-state index in [1.165, 1.54) is 4.90 Å². The van der Waals surface area contributed by atoms with Gasteiger partial charge in [0.2, 0.25) is 0 Å². The van der Waals surface area contributed by atoms with Crippen molar-refractivity contribution in [2.75, 3.05) is 26.2 Å². The van der Waals surface area contributed by atoms with Crippen molar-refractivity contribution in [3.63, 3.8) is 0 Å². The van der Waals surface area contributed by atoms with E-state index in [-0.39, 0.29) is 0 Å². The van der Waals surface area contributed by atoms with Gasteiger partial charge in [0.05, 0.1) is 12.5 Å². The van der Waals surface area contributed by atoms with Crippen LogP contribution in [0.4, 0.5) is 13.2 Å². The average molecular weight is 207 g/mol. The predicted molar refractivity (Wildman–Crippen MR) is 44.5 cm³/mol. The third kappa shape index (κ3) is 2.86. The SMILES string of the molecule is N#CCC(N1CCNCC1)C(F)(F)F. The molecule has 0 spiro atoms. The molecule has 1 aliphatic heterocycles. The molecule has 0 saturated carbocycles. The molecule has 1 aliphatic rings. The molecule has 3 nitrogen and oxygen atoms in total. The second-order valence-electron chi connectivity index (χ2n) is 3.21. The van der Waals surface area contributed by atoms with Gasteiger partial charge in [-0.15, -0.1) is 0 Å². The number of alkyl halides is 3. The van der Waals surface area contributed by atoms with E-state index in [9.17, 15) is 13.2 Å². The molecule has 0 aromatic carbocycles. The van der Waals surface area contributed by atoms with Gasteiger partial charge >= 0.3 is 6.18 Å². The molecule has 1 rings (SSSR count). The van der Waals surface area contributed by atoms with E-state index in [4.69, 9.17) is 5.26 Å². The van der Waals surface area contributed by atoms with Crippen molar-refractivity contribution in [1.29, 1.82) is 5.26 Å². The van der Waals surface area contributed by atoms with E-state index in [1.807, 2.05) is 0 Å². The first-order chi connectivity index (χ1) is 6.55. The van der Waals surface area contributed by atoms with Crippen LogP contribution in [0.25, 0.3) is 0 Å². The summed E-state index contributed by atoms with van der Waals surface area (Å²) in [5.74, 6) is 0. The Labute approximate surface area is 80.5 Å². The molecule has 1 heterocycles. The van der Waals surface area contributed by atoms with Gasteiger partial charge in [0.1, 0.15) is 6.04 Å². The van der Waals surface area contributed by atoms with Gasteiger partial charge in [0.15, 0.2) is 0 Å². The number of rotatable bonds is 2. The van der Waals surface area contributed by atoms with Crippen molar-refractivity contribution < 1.29 is 13.2 Å². The third-order valence-corrected chi connectivity index (χ3v) is 2.25. The molecule has 1 unspecified atom stereocenters. The molecule has 1 N–H and O–H groups in total. The van der Waals surface area contributed by atoms with Crippen molar-refractivity contribution in [1.82, 2.24) is 10.2 Å². The molecule has 1 saturated heterocycles. The van der Waals surface area contributed by atoms with Crippen LogP contribution in [0.15, 0.2) is 0 Å². The van der Waals surface area contributed by atoms with Gasteiger partial charge in [-0.3, -0.25) is 4.90 Å². The number of hydrogen-bond donors (Lipinski definition) is 1. The smallest absolute Gasteiger partial charge is 0.314 e. The minimum Gasteiger partial charge on any atom is -0.314 e.